The van der Waals surface area contributed by atoms with E-state index in [-0.39, 0.29) is 6.04 Å². The minimum absolute atomic E-state index is 0.248. The van der Waals surface area contributed by atoms with Gasteiger partial charge in [-0.1, -0.05) is 12.1 Å². The van der Waals surface area contributed by atoms with Gasteiger partial charge < -0.3 is 10.1 Å². The van der Waals surface area contributed by atoms with Crippen LogP contribution in [0.4, 0.5) is 5.69 Å². The van der Waals surface area contributed by atoms with Crippen LogP contribution >= 0.6 is 0 Å². The van der Waals surface area contributed by atoms with Crippen molar-refractivity contribution in [2.75, 3.05) is 12.4 Å². The number of aromatic nitrogens is 1. The Morgan fingerprint density at radius 1 is 1.17 bits per heavy atom. The van der Waals surface area contributed by atoms with Crippen LogP contribution in [-0.2, 0) is 0 Å². The van der Waals surface area contributed by atoms with Crippen molar-refractivity contribution >= 4 is 5.69 Å². The van der Waals surface area contributed by atoms with E-state index in [1.54, 1.807) is 7.11 Å². The van der Waals surface area contributed by atoms with Gasteiger partial charge in [0.05, 0.1) is 7.11 Å². The quantitative estimate of drug-likeness (QED) is 0.890. The van der Waals surface area contributed by atoms with Crippen molar-refractivity contribution in [2.45, 2.75) is 19.9 Å². The van der Waals surface area contributed by atoms with E-state index in [1.165, 1.54) is 5.56 Å². The summed E-state index contributed by atoms with van der Waals surface area (Å²) >= 11 is 0. The van der Waals surface area contributed by atoms with Gasteiger partial charge in [0.1, 0.15) is 5.75 Å². The highest BCUT2D eigenvalue weighted by Crippen LogP contribution is 2.21. The molecule has 94 valence electrons. The van der Waals surface area contributed by atoms with Crippen molar-refractivity contribution in [1.29, 1.82) is 0 Å². The molecule has 0 aliphatic heterocycles. The third-order valence-corrected chi connectivity index (χ3v) is 2.90. The van der Waals surface area contributed by atoms with Crippen molar-refractivity contribution in [3.05, 3.63) is 53.9 Å². The number of pyridine rings is 1. The van der Waals surface area contributed by atoms with Gasteiger partial charge in [-0.3, -0.25) is 4.98 Å². The number of aryl methyl sites for hydroxylation is 1. The maximum Gasteiger partial charge on any atom is 0.118 e. The van der Waals surface area contributed by atoms with Crippen molar-refractivity contribution in [3.63, 3.8) is 0 Å². The molecule has 0 aliphatic carbocycles. The second-order valence-corrected chi connectivity index (χ2v) is 4.33. The molecular weight excluding hydrogens is 224 g/mol. The van der Waals surface area contributed by atoms with Gasteiger partial charge in [0.2, 0.25) is 0 Å². The fourth-order valence-corrected chi connectivity index (χ4v) is 1.86. The highest BCUT2D eigenvalue weighted by molar-refractivity contribution is 5.45. The van der Waals surface area contributed by atoms with E-state index >= 15 is 0 Å². The van der Waals surface area contributed by atoms with Gasteiger partial charge >= 0.3 is 0 Å². The molecule has 2 rings (SSSR count). The molecule has 0 spiro atoms. The third-order valence-electron chi connectivity index (χ3n) is 2.90. The van der Waals surface area contributed by atoms with E-state index in [4.69, 9.17) is 4.74 Å². The first kappa shape index (κ1) is 12.4. The number of anilines is 1. The molecule has 0 aliphatic rings. The number of benzene rings is 1. The summed E-state index contributed by atoms with van der Waals surface area (Å²) in [4.78, 5) is 4.19. The molecule has 1 N–H and O–H groups in total. The molecule has 0 radical (unpaired) electrons. The van der Waals surface area contributed by atoms with Crippen LogP contribution in [0, 0.1) is 6.92 Å². The maximum atomic E-state index is 5.15. The lowest BCUT2D eigenvalue weighted by molar-refractivity contribution is 0.414. The molecule has 3 heteroatoms. The monoisotopic (exact) mass is 242 g/mol. The minimum atomic E-state index is 0.248. The molecule has 0 saturated heterocycles. The second-order valence-electron chi connectivity index (χ2n) is 4.33. The summed E-state index contributed by atoms with van der Waals surface area (Å²) in [5, 5.41) is 3.46. The van der Waals surface area contributed by atoms with Gasteiger partial charge in [0, 0.05) is 23.6 Å². The molecule has 0 saturated carbocycles. The van der Waals surface area contributed by atoms with E-state index in [0.29, 0.717) is 0 Å². The van der Waals surface area contributed by atoms with Gasteiger partial charge in [0.15, 0.2) is 0 Å². The Balaban J connectivity index is 2.09. The van der Waals surface area contributed by atoms with Crippen molar-refractivity contribution in [2.24, 2.45) is 0 Å². The Hall–Kier alpha value is -2.03. The summed E-state index contributed by atoms with van der Waals surface area (Å²) in [6, 6.07) is 12.4. The lowest BCUT2D eigenvalue weighted by Gasteiger charge is -2.16. The van der Waals surface area contributed by atoms with Crippen molar-refractivity contribution in [1.82, 2.24) is 4.98 Å². The van der Waals surface area contributed by atoms with Crippen LogP contribution in [0.2, 0.25) is 0 Å². The molecule has 2 aromatic rings. The molecule has 1 atom stereocenters. The third kappa shape index (κ3) is 3.00. The van der Waals surface area contributed by atoms with Crippen LogP contribution in [-0.4, -0.2) is 12.1 Å². The Morgan fingerprint density at radius 2 is 1.89 bits per heavy atom. The molecule has 1 aromatic carbocycles. The molecular formula is C15H18N2O. The van der Waals surface area contributed by atoms with Gasteiger partial charge in [-0.2, -0.15) is 0 Å². The molecule has 3 nitrogen and oxygen atoms in total. The van der Waals surface area contributed by atoms with E-state index in [2.05, 4.69) is 29.4 Å². The lowest BCUT2D eigenvalue weighted by atomic mass is 10.1. The molecule has 18 heavy (non-hydrogen) atoms. The van der Waals surface area contributed by atoms with E-state index < -0.39 is 0 Å². The van der Waals surface area contributed by atoms with Gasteiger partial charge in [-0.05, 0) is 43.7 Å². The van der Waals surface area contributed by atoms with Gasteiger partial charge in [0.25, 0.3) is 0 Å². The zero-order valence-corrected chi connectivity index (χ0v) is 11.0. The van der Waals surface area contributed by atoms with Crippen LogP contribution < -0.4 is 10.1 Å². The molecule has 1 unspecified atom stereocenters. The summed E-state index contributed by atoms with van der Waals surface area (Å²) in [6.07, 6.45) is 1.82. The fourth-order valence-electron chi connectivity index (χ4n) is 1.86. The molecule has 1 heterocycles. The van der Waals surface area contributed by atoms with Crippen molar-refractivity contribution in [3.8, 4) is 5.75 Å². The molecule has 0 bridgehead atoms. The van der Waals surface area contributed by atoms with Crippen LogP contribution in [0.5, 0.6) is 5.75 Å². The van der Waals surface area contributed by atoms with Crippen molar-refractivity contribution < 1.29 is 4.74 Å². The van der Waals surface area contributed by atoms with Gasteiger partial charge in [-0.15, -0.1) is 0 Å². The number of hydrogen-bond acceptors (Lipinski definition) is 3. The number of hydrogen-bond donors (Lipinski definition) is 1. The zero-order valence-electron chi connectivity index (χ0n) is 11.0. The Labute approximate surface area is 108 Å². The van der Waals surface area contributed by atoms with E-state index in [1.807, 2.05) is 37.4 Å². The lowest BCUT2D eigenvalue weighted by Crippen LogP contribution is -2.06. The number of rotatable bonds is 4. The highest BCUT2D eigenvalue weighted by atomic mass is 16.5. The number of nitrogens with zero attached hydrogens (tertiary/aromatic N) is 1. The predicted molar refractivity (Wildman–Crippen MR) is 74.0 cm³/mol. The molecule has 0 amide bonds. The summed E-state index contributed by atoms with van der Waals surface area (Å²) in [5.74, 6) is 0.880. The SMILES string of the molecule is COc1ccc(C(C)Nc2ccnc(C)c2)cc1. The van der Waals surface area contributed by atoms with Crippen LogP contribution in [0.15, 0.2) is 42.6 Å². The number of ether oxygens (including phenoxy) is 1. The smallest absolute Gasteiger partial charge is 0.118 e. The topological polar surface area (TPSA) is 34.1 Å². The average Bonchev–Trinajstić information content (AvgIpc) is 2.39. The first-order valence-corrected chi connectivity index (χ1v) is 6.02. The van der Waals surface area contributed by atoms with Crippen LogP contribution in [0.25, 0.3) is 0 Å². The van der Waals surface area contributed by atoms with E-state index in [9.17, 15) is 0 Å². The summed E-state index contributed by atoms with van der Waals surface area (Å²) in [6.45, 7) is 4.13. The Bertz CT molecular complexity index is 508. The second kappa shape index (κ2) is 5.54. The van der Waals surface area contributed by atoms with Crippen LogP contribution in [0.3, 0.4) is 0 Å². The number of nitrogens with one attached hydrogen (secondary N) is 1. The summed E-state index contributed by atoms with van der Waals surface area (Å²) < 4.78 is 5.15. The van der Waals surface area contributed by atoms with Crippen LogP contribution in [0.1, 0.15) is 24.2 Å². The standard InChI is InChI=1S/C15H18N2O/c1-11-10-14(8-9-16-11)17-12(2)13-4-6-15(18-3)7-5-13/h4-10,12H,1-3H3,(H,16,17). The molecule has 0 fully saturated rings. The first-order chi connectivity index (χ1) is 8.69. The minimum Gasteiger partial charge on any atom is -0.497 e. The van der Waals surface area contributed by atoms with Gasteiger partial charge in [-0.25, -0.2) is 0 Å². The summed E-state index contributed by atoms with van der Waals surface area (Å²) in [5.41, 5.74) is 3.33. The largest absolute Gasteiger partial charge is 0.497 e. The average molecular weight is 242 g/mol. The maximum absolute atomic E-state index is 5.15. The first-order valence-electron chi connectivity index (χ1n) is 6.02. The highest BCUT2D eigenvalue weighted by Gasteiger charge is 2.05. The fraction of sp³-hybridized carbons (Fsp3) is 0.267. The number of methoxy groups -OCH3 is 1. The predicted octanol–water partition coefficient (Wildman–Crippen LogP) is 3.57. The molecule has 1 aromatic heterocycles. The summed E-state index contributed by atoms with van der Waals surface area (Å²) in [7, 11) is 1.68. The van der Waals surface area contributed by atoms with E-state index in [0.717, 1.165) is 17.1 Å². The zero-order chi connectivity index (χ0) is 13.0. The Kier molecular flexibility index (Phi) is 3.82. The normalized spacial score (nSPS) is 11.9. The Morgan fingerprint density at radius 3 is 2.50 bits per heavy atom.